The van der Waals surface area contributed by atoms with Gasteiger partial charge in [0.1, 0.15) is 11.5 Å². The van der Waals surface area contributed by atoms with Gasteiger partial charge in [0.15, 0.2) is 0 Å². The van der Waals surface area contributed by atoms with Crippen molar-refractivity contribution in [1.82, 2.24) is 0 Å². The van der Waals surface area contributed by atoms with E-state index in [0.717, 1.165) is 11.5 Å². The first-order valence-corrected chi connectivity index (χ1v) is 8.63. The van der Waals surface area contributed by atoms with Crippen molar-refractivity contribution in [2.75, 3.05) is 12.5 Å². The van der Waals surface area contributed by atoms with Crippen molar-refractivity contribution in [2.24, 2.45) is 0 Å². The van der Waals surface area contributed by atoms with Gasteiger partial charge in [-0.2, -0.15) is 0 Å². The van der Waals surface area contributed by atoms with E-state index in [1.54, 1.807) is 24.3 Å². The van der Waals surface area contributed by atoms with Crippen LogP contribution in [0.2, 0.25) is 10.0 Å². The van der Waals surface area contributed by atoms with Gasteiger partial charge in [-0.1, -0.05) is 23.2 Å². The van der Waals surface area contributed by atoms with E-state index >= 15 is 0 Å². The summed E-state index contributed by atoms with van der Waals surface area (Å²) in [7, 11) is 0. The molecule has 0 spiro atoms. The first kappa shape index (κ1) is 17.5. The van der Waals surface area contributed by atoms with Crippen molar-refractivity contribution < 1.29 is 8.37 Å². The maximum Gasteiger partial charge on any atom is 0.127 e. The summed E-state index contributed by atoms with van der Waals surface area (Å²) in [5.41, 5.74) is 0. The fourth-order valence-electron chi connectivity index (χ4n) is 1.21. The molecule has 0 aliphatic carbocycles. The van der Waals surface area contributed by atoms with E-state index in [1.165, 1.54) is 24.1 Å². The van der Waals surface area contributed by atoms with E-state index < -0.39 is 0 Å². The van der Waals surface area contributed by atoms with Gasteiger partial charge in [0.05, 0.1) is 0 Å². The second kappa shape index (κ2) is 10.2. The summed E-state index contributed by atoms with van der Waals surface area (Å²) in [5.74, 6) is 1.50. The van der Waals surface area contributed by atoms with Crippen LogP contribution in [0.3, 0.4) is 0 Å². The zero-order valence-electron chi connectivity index (χ0n) is 11.0. The third-order valence-corrected chi connectivity index (χ3v) is 3.59. The molecule has 0 atom stereocenters. The standard InChI is InChI=1S/C12H8Cl2O.C2H6OS2/c13-9-1-5-11(6-2-9)15-12-7-3-10(14)4-8-12;1-4-3-5-2/h1-8H;1-2H3. The first-order valence-electron chi connectivity index (χ1n) is 5.58. The van der Waals surface area contributed by atoms with Crippen molar-refractivity contribution in [3.05, 3.63) is 58.6 Å². The van der Waals surface area contributed by atoms with Gasteiger partial charge in [-0.15, -0.1) is 0 Å². The molecule has 6 heteroatoms. The van der Waals surface area contributed by atoms with E-state index in [1.807, 2.05) is 36.8 Å². The number of ether oxygens (including phenoxy) is 1. The molecule has 2 aromatic rings. The van der Waals surface area contributed by atoms with Crippen LogP contribution in [-0.2, 0) is 3.63 Å². The van der Waals surface area contributed by atoms with E-state index in [-0.39, 0.29) is 0 Å². The molecule has 0 bridgehead atoms. The topological polar surface area (TPSA) is 18.5 Å². The van der Waals surface area contributed by atoms with Gasteiger partial charge in [-0.05, 0) is 48.5 Å². The van der Waals surface area contributed by atoms with Crippen LogP contribution in [0.1, 0.15) is 0 Å². The summed E-state index contributed by atoms with van der Waals surface area (Å²) in [6.07, 6.45) is 3.77. The third-order valence-electron chi connectivity index (χ3n) is 2.00. The molecule has 20 heavy (non-hydrogen) atoms. The smallest absolute Gasteiger partial charge is 0.127 e. The summed E-state index contributed by atoms with van der Waals surface area (Å²) in [4.78, 5) is 0. The molecule has 0 N–H and O–H groups in total. The molecule has 0 amide bonds. The van der Waals surface area contributed by atoms with Crippen LogP contribution in [0.4, 0.5) is 0 Å². The summed E-state index contributed by atoms with van der Waals surface area (Å²) >= 11 is 14.3. The Hall–Kier alpha value is -0.520. The molecule has 108 valence electrons. The van der Waals surface area contributed by atoms with Crippen LogP contribution in [0.25, 0.3) is 0 Å². The van der Waals surface area contributed by atoms with Gasteiger partial charge in [-0.25, -0.2) is 3.63 Å². The Morgan fingerprint density at radius 2 is 1.05 bits per heavy atom. The Kier molecular flexibility index (Phi) is 8.98. The lowest BCUT2D eigenvalue weighted by Gasteiger charge is -2.05. The summed E-state index contributed by atoms with van der Waals surface area (Å²) in [6, 6.07) is 14.4. The lowest BCUT2D eigenvalue weighted by molar-refractivity contribution is 0.483. The van der Waals surface area contributed by atoms with Crippen molar-refractivity contribution in [3.63, 3.8) is 0 Å². The molecule has 0 aliphatic rings. The third kappa shape index (κ3) is 7.31. The summed E-state index contributed by atoms with van der Waals surface area (Å²) in [5, 5.41) is 1.39. The Bertz CT molecular complexity index is 444. The monoisotopic (exact) mass is 348 g/mol. The minimum absolute atomic E-state index is 0.693. The highest BCUT2D eigenvalue weighted by atomic mass is 35.5. The zero-order chi connectivity index (χ0) is 14.8. The Labute approximate surface area is 138 Å². The highest BCUT2D eigenvalue weighted by molar-refractivity contribution is 8.07. The second-order valence-corrected chi connectivity index (χ2v) is 5.50. The van der Waals surface area contributed by atoms with Crippen molar-refractivity contribution in [2.45, 2.75) is 0 Å². The molecule has 0 heterocycles. The largest absolute Gasteiger partial charge is 0.457 e. The van der Waals surface area contributed by atoms with Gasteiger partial charge in [-0.3, -0.25) is 0 Å². The molecule has 0 aromatic heterocycles. The molecule has 0 saturated heterocycles. The number of benzene rings is 2. The quantitative estimate of drug-likeness (QED) is 0.599. The maximum absolute atomic E-state index is 5.76. The van der Waals surface area contributed by atoms with Crippen molar-refractivity contribution >= 4 is 47.3 Å². The fraction of sp³-hybridized carbons (Fsp3) is 0.143. The van der Waals surface area contributed by atoms with E-state index in [9.17, 15) is 0 Å². The normalized spacial score (nSPS) is 9.60. The molecule has 0 unspecified atom stereocenters. The van der Waals surface area contributed by atoms with Gasteiger partial charge >= 0.3 is 0 Å². The van der Waals surface area contributed by atoms with Crippen LogP contribution >= 0.6 is 47.3 Å². The highest BCUT2D eigenvalue weighted by Gasteiger charge is 1.96. The summed E-state index contributed by atoms with van der Waals surface area (Å²) in [6.45, 7) is 0. The molecular weight excluding hydrogens is 335 g/mol. The molecule has 2 aromatic carbocycles. The van der Waals surface area contributed by atoms with Crippen LogP contribution in [0.15, 0.2) is 48.5 Å². The minimum atomic E-state index is 0.693. The Morgan fingerprint density at radius 3 is 1.30 bits per heavy atom. The van der Waals surface area contributed by atoms with Crippen molar-refractivity contribution in [3.8, 4) is 11.5 Å². The number of hydrogen-bond acceptors (Lipinski definition) is 4. The zero-order valence-corrected chi connectivity index (χ0v) is 14.2. The minimum Gasteiger partial charge on any atom is -0.457 e. The first-order chi connectivity index (χ1) is 9.65. The van der Waals surface area contributed by atoms with Crippen LogP contribution in [0, 0.1) is 0 Å². The van der Waals surface area contributed by atoms with E-state index in [2.05, 4.69) is 3.63 Å². The van der Waals surface area contributed by atoms with Gasteiger partial charge < -0.3 is 4.74 Å². The molecule has 0 fully saturated rings. The molecule has 0 radical (unpaired) electrons. The molecular formula is C14H14Cl2O2S2. The van der Waals surface area contributed by atoms with E-state index in [4.69, 9.17) is 27.9 Å². The highest BCUT2D eigenvalue weighted by Crippen LogP contribution is 2.24. The predicted molar refractivity (Wildman–Crippen MR) is 91.1 cm³/mol. The van der Waals surface area contributed by atoms with Gasteiger partial charge in [0.25, 0.3) is 0 Å². The number of halogens is 2. The summed E-state index contributed by atoms with van der Waals surface area (Å²) < 4.78 is 10.2. The average Bonchev–Trinajstić information content (AvgIpc) is 2.45. The molecule has 0 saturated carbocycles. The van der Waals surface area contributed by atoms with Gasteiger partial charge in [0.2, 0.25) is 0 Å². The lowest BCUT2D eigenvalue weighted by Crippen LogP contribution is -1.82. The SMILES string of the molecule is CSOSC.Clc1ccc(Oc2ccc(Cl)cc2)cc1. The van der Waals surface area contributed by atoms with Gasteiger partial charge in [0, 0.05) is 46.6 Å². The van der Waals surface area contributed by atoms with Crippen LogP contribution < -0.4 is 4.74 Å². The molecule has 2 nitrogen and oxygen atoms in total. The Balaban J connectivity index is 0.000000347. The average molecular weight is 349 g/mol. The maximum atomic E-state index is 5.76. The number of rotatable bonds is 4. The Morgan fingerprint density at radius 1 is 0.700 bits per heavy atom. The fourth-order valence-corrected chi connectivity index (χ4v) is 2.01. The second-order valence-electron chi connectivity index (χ2n) is 3.41. The van der Waals surface area contributed by atoms with Crippen molar-refractivity contribution in [1.29, 1.82) is 0 Å². The van der Waals surface area contributed by atoms with Crippen LogP contribution in [-0.4, -0.2) is 12.5 Å². The predicted octanol–water partition coefficient (Wildman–Crippen LogP) is 6.34. The lowest BCUT2D eigenvalue weighted by atomic mass is 10.3. The molecule has 0 aliphatic heterocycles. The van der Waals surface area contributed by atoms with Crippen LogP contribution in [0.5, 0.6) is 11.5 Å². The molecule has 2 rings (SSSR count). The number of hydrogen-bond donors (Lipinski definition) is 0. The van der Waals surface area contributed by atoms with E-state index in [0.29, 0.717) is 10.0 Å².